The van der Waals surface area contributed by atoms with E-state index in [1.165, 1.54) is 17.2 Å². The summed E-state index contributed by atoms with van der Waals surface area (Å²) in [4.78, 5) is 2.13. The van der Waals surface area contributed by atoms with Gasteiger partial charge in [0.15, 0.2) is 0 Å². The average Bonchev–Trinajstić information content (AvgIpc) is 2.38. The van der Waals surface area contributed by atoms with Gasteiger partial charge in [0.2, 0.25) is 0 Å². The molecule has 0 unspecified atom stereocenters. The van der Waals surface area contributed by atoms with Gasteiger partial charge in [-0.15, -0.1) is 0 Å². The number of nitrogens with two attached hydrogens (primary N) is 1. The summed E-state index contributed by atoms with van der Waals surface area (Å²) < 4.78 is 13.4. The molecule has 0 bridgehead atoms. The second-order valence-corrected chi connectivity index (χ2v) is 5.26. The Bertz CT molecular complexity index is 608. The van der Waals surface area contributed by atoms with E-state index in [9.17, 15) is 4.39 Å². The van der Waals surface area contributed by atoms with E-state index in [0.717, 1.165) is 16.8 Å². The van der Waals surface area contributed by atoms with Crippen molar-refractivity contribution >= 4 is 5.69 Å². The normalized spacial score (nSPS) is 10.7. The third-order valence-corrected chi connectivity index (χ3v) is 3.56. The van der Waals surface area contributed by atoms with Gasteiger partial charge in [-0.2, -0.15) is 0 Å². The molecule has 20 heavy (non-hydrogen) atoms. The maximum atomic E-state index is 13.4. The van der Waals surface area contributed by atoms with Crippen molar-refractivity contribution in [3.8, 4) is 0 Å². The van der Waals surface area contributed by atoms with Gasteiger partial charge in [-0.3, -0.25) is 0 Å². The van der Waals surface area contributed by atoms with Crippen LogP contribution in [-0.2, 0) is 13.1 Å². The van der Waals surface area contributed by atoms with Gasteiger partial charge in [0.05, 0.1) is 0 Å². The van der Waals surface area contributed by atoms with Crippen LogP contribution in [0, 0.1) is 19.7 Å². The number of halogens is 1. The molecule has 2 nitrogen and oxygen atoms in total. The molecule has 0 fully saturated rings. The molecule has 2 aromatic rings. The lowest BCUT2D eigenvalue weighted by Gasteiger charge is -2.23. The van der Waals surface area contributed by atoms with Gasteiger partial charge in [0, 0.05) is 25.8 Å². The Kier molecular flexibility index (Phi) is 4.40. The van der Waals surface area contributed by atoms with Gasteiger partial charge in [-0.1, -0.05) is 23.8 Å². The van der Waals surface area contributed by atoms with Crippen molar-refractivity contribution in [2.75, 3.05) is 11.9 Å². The van der Waals surface area contributed by atoms with Crippen LogP contribution in [0.25, 0.3) is 0 Å². The summed E-state index contributed by atoms with van der Waals surface area (Å²) in [7, 11) is 2.02. The first-order valence-electron chi connectivity index (χ1n) is 6.77. The van der Waals surface area contributed by atoms with Crippen molar-refractivity contribution in [1.29, 1.82) is 0 Å². The molecule has 0 spiro atoms. The molecule has 106 valence electrons. The highest BCUT2D eigenvalue weighted by Crippen LogP contribution is 2.23. The van der Waals surface area contributed by atoms with Crippen molar-refractivity contribution in [3.63, 3.8) is 0 Å². The molecule has 0 saturated carbocycles. The molecule has 0 heterocycles. The van der Waals surface area contributed by atoms with E-state index in [0.29, 0.717) is 13.1 Å². The Morgan fingerprint density at radius 1 is 1.05 bits per heavy atom. The zero-order chi connectivity index (χ0) is 14.7. The summed E-state index contributed by atoms with van der Waals surface area (Å²) >= 11 is 0. The maximum Gasteiger partial charge on any atom is 0.123 e. The lowest BCUT2D eigenvalue weighted by Crippen LogP contribution is -2.19. The van der Waals surface area contributed by atoms with E-state index in [-0.39, 0.29) is 5.82 Å². The zero-order valence-electron chi connectivity index (χ0n) is 12.3. The molecule has 0 saturated heterocycles. The summed E-state index contributed by atoms with van der Waals surface area (Å²) in [6.07, 6.45) is 0. The SMILES string of the molecule is Cc1ccc(N(C)Cc2cc(F)ccc2CN)c(C)c1. The number of aryl methyl sites for hydroxylation is 2. The molecule has 0 aliphatic rings. The van der Waals surface area contributed by atoms with Crippen LogP contribution in [0.2, 0.25) is 0 Å². The summed E-state index contributed by atoms with van der Waals surface area (Å²) in [5.41, 5.74) is 11.3. The molecule has 0 aliphatic heterocycles. The predicted molar refractivity (Wildman–Crippen MR) is 82.3 cm³/mol. The molecular weight excluding hydrogens is 251 g/mol. The number of rotatable bonds is 4. The predicted octanol–water partition coefficient (Wildman–Crippen LogP) is 3.54. The second kappa shape index (κ2) is 6.06. The largest absolute Gasteiger partial charge is 0.370 e. The Labute approximate surface area is 120 Å². The van der Waals surface area contributed by atoms with Gasteiger partial charge in [-0.25, -0.2) is 4.39 Å². The average molecular weight is 272 g/mol. The highest BCUT2D eigenvalue weighted by Gasteiger charge is 2.09. The van der Waals surface area contributed by atoms with Crippen molar-refractivity contribution in [1.82, 2.24) is 0 Å². The zero-order valence-corrected chi connectivity index (χ0v) is 12.3. The quantitative estimate of drug-likeness (QED) is 0.922. The van der Waals surface area contributed by atoms with E-state index in [1.807, 2.05) is 7.05 Å². The van der Waals surface area contributed by atoms with Crippen LogP contribution in [0.3, 0.4) is 0 Å². The number of hydrogen-bond donors (Lipinski definition) is 1. The van der Waals surface area contributed by atoms with Crippen LogP contribution in [-0.4, -0.2) is 7.05 Å². The van der Waals surface area contributed by atoms with Crippen molar-refractivity contribution in [2.24, 2.45) is 5.73 Å². The second-order valence-electron chi connectivity index (χ2n) is 5.26. The Balaban J connectivity index is 2.27. The minimum Gasteiger partial charge on any atom is -0.370 e. The van der Waals surface area contributed by atoms with E-state index in [4.69, 9.17) is 5.73 Å². The van der Waals surface area contributed by atoms with E-state index >= 15 is 0 Å². The first-order chi connectivity index (χ1) is 9.51. The minimum absolute atomic E-state index is 0.216. The van der Waals surface area contributed by atoms with Crippen LogP contribution >= 0.6 is 0 Å². The molecule has 0 radical (unpaired) electrons. The van der Waals surface area contributed by atoms with E-state index in [2.05, 4.69) is 36.9 Å². The molecular formula is C17H21FN2. The first kappa shape index (κ1) is 14.5. The lowest BCUT2D eigenvalue weighted by molar-refractivity contribution is 0.623. The molecule has 0 aliphatic carbocycles. The summed E-state index contributed by atoms with van der Waals surface area (Å²) in [5.74, 6) is -0.216. The Morgan fingerprint density at radius 3 is 2.45 bits per heavy atom. The molecule has 0 amide bonds. The molecule has 0 aromatic heterocycles. The minimum atomic E-state index is -0.216. The number of benzene rings is 2. The smallest absolute Gasteiger partial charge is 0.123 e. The highest BCUT2D eigenvalue weighted by atomic mass is 19.1. The molecule has 2 aromatic carbocycles. The highest BCUT2D eigenvalue weighted by molar-refractivity contribution is 5.54. The fraction of sp³-hybridized carbons (Fsp3) is 0.294. The number of hydrogen-bond acceptors (Lipinski definition) is 2. The third-order valence-electron chi connectivity index (χ3n) is 3.56. The maximum absolute atomic E-state index is 13.4. The number of anilines is 1. The fourth-order valence-electron chi connectivity index (χ4n) is 2.52. The molecule has 2 rings (SSSR count). The van der Waals surface area contributed by atoms with E-state index < -0.39 is 0 Å². The summed E-state index contributed by atoms with van der Waals surface area (Å²) in [6, 6.07) is 11.1. The van der Waals surface area contributed by atoms with Gasteiger partial charge in [0.25, 0.3) is 0 Å². The summed E-state index contributed by atoms with van der Waals surface area (Å²) in [6.45, 7) is 5.24. The van der Waals surface area contributed by atoms with Crippen LogP contribution in [0.5, 0.6) is 0 Å². The van der Waals surface area contributed by atoms with Crippen LogP contribution < -0.4 is 10.6 Å². The monoisotopic (exact) mass is 272 g/mol. The van der Waals surface area contributed by atoms with Gasteiger partial charge in [-0.05, 0) is 48.7 Å². The topological polar surface area (TPSA) is 29.3 Å². The van der Waals surface area contributed by atoms with Crippen LogP contribution in [0.1, 0.15) is 22.3 Å². The molecule has 2 N–H and O–H groups in total. The Morgan fingerprint density at radius 2 is 1.80 bits per heavy atom. The van der Waals surface area contributed by atoms with Gasteiger partial charge >= 0.3 is 0 Å². The Hall–Kier alpha value is -1.87. The van der Waals surface area contributed by atoms with Crippen molar-refractivity contribution in [3.05, 3.63) is 64.5 Å². The first-order valence-corrected chi connectivity index (χ1v) is 6.77. The van der Waals surface area contributed by atoms with Crippen LogP contribution in [0.4, 0.5) is 10.1 Å². The molecule has 0 atom stereocenters. The summed E-state index contributed by atoms with van der Waals surface area (Å²) in [5, 5.41) is 0. The number of nitrogens with zero attached hydrogens (tertiary/aromatic N) is 1. The molecule has 3 heteroatoms. The van der Waals surface area contributed by atoms with E-state index in [1.54, 1.807) is 12.1 Å². The van der Waals surface area contributed by atoms with Crippen molar-refractivity contribution < 1.29 is 4.39 Å². The lowest BCUT2D eigenvalue weighted by atomic mass is 10.1. The standard InChI is InChI=1S/C17H21FN2/c1-12-4-7-17(13(2)8-12)20(3)11-15-9-16(18)6-5-14(15)10-19/h4-9H,10-11,19H2,1-3H3. The van der Waals surface area contributed by atoms with Gasteiger partial charge < -0.3 is 10.6 Å². The van der Waals surface area contributed by atoms with Crippen LogP contribution in [0.15, 0.2) is 36.4 Å². The van der Waals surface area contributed by atoms with Crippen molar-refractivity contribution in [2.45, 2.75) is 26.9 Å². The third kappa shape index (κ3) is 3.17. The van der Waals surface area contributed by atoms with Gasteiger partial charge in [0.1, 0.15) is 5.82 Å². The fourth-order valence-corrected chi connectivity index (χ4v) is 2.52.